The van der Waals surface area contributed by atoms with Crippen LogP contribution in [0.1, 0.15) is 51.0 Å². The first kappa shape index (κ1) is 14.3. The molecule has 0 aliphatic heterocycles. The molecule has 0 saturated heterocycles. The number of thiophene rings is 1. The summed E-state index contributed by atoms with van der Waals surface area (Å²) in [5, 5.41) is 4.41. The highest BCUT2D eigenvalue weighted by Crippen LogP contribution is 2.27. The fourth-order valence-corrected chi connectivity index (χ4v) is 3.19. The van der Waals surface area contributed by atoms with Crippen molar-refractivity contribution in [1.29, 1.82) is 0 Å². The average Bonchev–Trinajstić information content (AvgIpc) is 2.97. The molecule has 1 aromatic heterocycles. The summed E-state index contributed by atoms with van der Waals surface area (Å²) in [6, 6.07) is 11.1. The molecule has 0 fully saturated rings. The van der Waals surface area contributed by atoms with Crippen molar-refractivity contribution < 1.29 is 0 Å². The van der Waals surface area contributed by atoms with Gasteiger partial charge in [0.05, 0.1) is 0 Å². The summed E-state index contributed by atoms with van der Waals surface area (Å²) in [6.07, 6.45) is 9.45. The molecule has 1 aromatic carbocycles. The summed E-state index contributed by atoms with van der Waals surface area (Å²) < 4.78 is 0. The molecule has 0 aliphatic carbocycles. The topological polar surface area (TPSA) is 0 Å². The predicted octanol–water partition coefficient (Wildman–Crippen LogP) is 6.32. The maximum atomic E-state index is 2.29. The van der Waals surface area contributed by atoms with Crippen LogP contribution >= 0.6 is 11.3 Å². The second-order valence-electron chi connectivity index (χ2n) is 5.19. The van der Waals surface area contributed by atoms with E-state index in [9.17, 15) is 0 Å². The number of hydrogen-bond acceptors (Lipinski definition) is 1. The largest absolute Gasteiger partial charge is 0.152 e. The van der Waals surface area contributed by atoms with Crippen LogP contribution < -0.4 is 0 Å². The van der Waals surface area contributed by atoms with Gasteiger partial charge in [-0.15, -0.1) is 0 Å². The Labute approximate surface area is 121 Å². The molecule has 2 aromatic rings. The number of hydrogen-bond donors (Lipinski definition) is 0. The van der Waals surface area contributed by atoms with E-state index in [1.807, 2.05) is 0 Å². The molecule has 0 radical (unpaired) electrons. The fraction of sp³-hybridized carbons (Fsp3) is 0.444. The second-order valence-corrected chi connectivity index (χ2v) is 5.97. The van der Waals surface area contributed by atoms with E-state index in [-0.39, 0.29) is 0 Å². The first-order chi connectivity index (χ1) is 9.42. The molecule has 0 spiro atoms. The molecule has 102 valence electrons. The number of rotatable bonds is 8. The minimum absolute atomic E-state index is 1.22. The summed E-state index contributed by atoms with van der Waals surface area (Å²) in [5.41, 5.74) is 4.32. The molecular weight excluding hydrogens is 248 g/mol. The Morgan fingerprint density at radius 1 is 0.895 bits per heavy atom. The summed E-state index contributed by atoms with van der Waals surface area (Å²) in [7, 11) is 0. The van der Waals surface area contributed by atoms with Crippen LogP contribution in [0.15, 0.2) is 41.1 Å². The van der Waals surface area contributed by atoms with Gasteiger partial charge in [-0.1, -0.05) is 63.3 Å². The van der Waals surface area contributed by atoms with Gasteiger partial charge in [-0.3, -0.25) is 0 Å². The Hall–Kier alpha value is -1.08. The van der Waals surface area contributed by atoms with Crippen molar-refractivity contribution >= 4 is 11.3 Å². The predicted molar refractivity (Wildman–Crippen MR) is 86.8 cm³/mol. The zero-order valence-electron chi connectivity index (χ0n) is 11.9. The third-order valence-corrected chi connectivity index (χ3v) is 4.33. The first-order valence-electron chi connectivity index (χ1n) is 7.52. The van der Waals surface area contributed by atoms with Gasteiger partial charge in [0.2, 0.25) is 0 Å². The minimum Gasteiger partial charge on any atom is -0.152 e. The average molecular weight is 272 g/mol. The van der Waals surface area contributed by atoms with Gasteiger partial charge in [-0.2, -0.15) is 11.3 Å². The van der Waals surface area contributed by atoms with Crippen molar-refractivity contribution in [2.45, 2.75) is 51.9 Å². The summed E-state index contributed by atoms with van der Waals surface area (Å²) in [6.45, 7) is 2.27. The smallest absolute Gasteiger partial charge is 0.00146 e. The van der Waals surface area contributed by atoms with Crippen molar-refractivity contribution in [2.75, 3.05) is 0 Å². The Bertz CT molecular complexity index is 456. The van der Waals surface area contributed by atoms with Gasteiger partial charge in [-0.05, 0) is 46.4 Å². The Morgan fingerprint density at radius 3 is 2.47 bits per heavy atom. The van der Waals surface area contributed by atoms with Crippen LogP contribution in [0.5, 0.6) is 0 Å². The van der Waals surface area contributed by atoms with Gasteiger partial charge in [-0.25, -0.2) is 0 Å². The zero-order chi connectivity index (χ0) is 13.3. The molecule has 0 aliphatic rings. The molecule has 1 heteroatoms. The molecule has 0 amide bonds. The Morgan fingerprint density at radius 2 is 1.68 bits per heavy atom. The van der Waals surface area contributed by atoms with Gasteiger partial charge >= 0.3 is 0 Å². The number of unbranched alkanes of at least 4 members (excludes halogenated alkanes) is 5. The van der Waals surface area contributed by atoms with Crippen molar-refractivity contribution in [3.63, 3.8) is 0 Å². The number of aryl methyl sites for hydroxylation is 1. The van der Waals surface area contributed by atoms with Gasteiger partial charge in [0.1, 0.15) is 0 Å². The van der Waals surface area contributed by atoms with Gasteiger partial charge in [0.25, 0.3) is 0 Å². The highest BCUT2D eigenvalue weighted by atomic mass is 32.1. The van der Waals surface area contributed by atoms with Crippen LogP contribution in [0.3, 0.4) is 0 Å². The maximum absolute atomic E-state index is 2.29. The third-order valence-electron chi connectivity index (χ3n) is 3.65. The van der Waals surface area contributed by atoms with Gasteiger partial charge < -0.3 is 0 Å². The highest BCUT2D eigenvalue weighted by Gasteiger charge is 2.04. The van der Waals surface area contributed by atoms with E-state index >= 15 is 0 Å². The van der Waals surface area contributed by atoms with E-state index in [0.717, 1.165) is 0 Å². The molecule has 0 N–H and O–H groups in total. The van der Waals surface area contributed by atoms with E-state index in [2.05, 4.69) is 48.0 Å². The van der Waals surface area contributed by atoms with Crippen molar-refractivity contribution in [2.24, 2.45) is 0 Å². The second kappa shape index (κ2) is 8.16. The molecule has 0 unspecified atom stereocenters. The van der Waals surface area contributed by atoms with E-state index < -0.39 is 0 Å². The molecule has 0 bridgehead atoms. The first-order valence-corrected chi connectivity index (χ1v) is 8.46. The molecular formula is C18H24S. The van der Waals surface area contributed by atoms with Gasteiger partial charge in [0.15, 0.2) is 0 Å². The maximum Gasteiger partial charge on any atom is -0.00146 e. The minimum atomic E-state index is 1.22. The van der Waals surface area contributed by atoms with Crippen LogP contribution in [-0.4, -0.2) is 0 Å². The van der Waals surface area contributed by atoms with Crippen molar-refractivity contribution in [3.8, 4) is 11.1 Å². The molecule has 0 nitrogen and oxygen atoms in total. The van der Waals surface area contributed by atoms with Crippen LogP contribution in [0.25, 0.3) is 11.1 Å². The Balaban J connectivity index is 1.87. The Kier molecular flexibility index (Phi) is 6.16. The third kappa shape index (κ3) is 4.50. The molecule has 1 heterocycles. The van der Waals surface area contributed by atoms with Crippen molar-refractivity contribution in [3.05, 3.63) is 46.7 Å². The van der Waals surface area contributed by atoms with Gasteiger partial charge in [0, 0.05) is 0 Å². The SMILES string of the molecule is CCCCCCCCc1ccccc1-c1ccsc1. The standard InChI is InChI=1S/C18H24S/c1-2-3-4-5-6-7-10-16-11-8-9-12-18(16)17-13-14-19-15-17/h8-9,11-15H,2-7,10H2,1H3. The van der Waals surface area contributed by atoms with Crippen LogP contribution in [0, 0.1) is 0 Å². The number of benzene rings is 1. The molecule has 19 heavy (non-hydrogen) atoms. The summed E-state index contributed by atoms with van der Waals surface area (Å²) >= 11 is 1.78. The molecule has 0 atom stereocenters. The van der Waals surface area contributed by atoms with Crippen molar-refractivity contribution in [1.82, 2.24) is 0 Å². The lowest BCUT2D eigenvalue weighted by Crippen LogP contribution is -1.90. The highest BCUT2D eigenvalue weighted by molar-refractivity contribution is 7.08. The monoisotopic (exact) mass is 272 g/mol. The molecule has 2 rings (SSSR count). The van der Waals surface area contributed by atoms with E-state index in [1.54, 1.807) is 11.3 Å². The van der Waals surface area contributed by atoms with Crippen LogP contribution in [0.2, 0.25) is 0 Å². The lowest BCUT2D eigenvalue weighted by atomic mass is 9.97. The summed E-state index contributed by atoms with van der Waals surface area (Å²) in [4.78, 5) is 0. The molecule has 0 saturated carbocycles. The zero-order valence-corrected chi connectivity index (χ0v) is 12.7. The van der Waals surface area contributed by atoms with Crippen LogP contribution in [0.4, 0.5) is 0 Å². The quantitative estimate of drug-likeness (QED) is 0.493. The summed E-state index contributed by atoms with van der Waals surface area (Å²) in [5.74, 6) is 0. The fourth-order valence-electron chi connectivity index (χ4n) is 2.53. The van der Waals surface area contributed by atoms with Crippen LogP contribution in [-0.2, 0) is 6.42 Å². The lowest BCUT2D eigenvalue weighted by Gasteiger charge is -2.08. The normalized spacial score (nSPS) is 10.8. The van der Waals surface area contributed by atoms with E-state index in [1.165, 1.54) is 61.6 Å². The lowest BCUT2D eigenvalue weighted by molar-refractivity contribution is 0.608. The van der Waals surface area contributed by atoms with E-state index in [4.69, 9.17) is 0 Å². The van der Waals surface area contributed by atoms with E-state index in [0.29, 0.717) is 0 Å².